The Kier molecular flexibility index (Phi) is 4.56. The summed E-state index contributed by atoms with van der Waals surface area (Å²) in [6.07, 6.45) is 9.23. The summed E-state index contributed by atoms with van der Waals surface area (Å²) in [6.45, 7) is 1.17. The minimum Gasteiger partial charge on any atom is -0.349 e. The number of nitrogens with one attached hydrogen (secondary N) is 2. The molecule has 0 spiro atoms. The van der Waals surface area contributed by atoms with Crippen molar-refractivity contribution in [2.75, 3.05) is 6.54 Å². The molecule has 1 aromatic rings. The molecular formula is C23H31N3O2. The van der Waals surface area contributed by atoms with Gasteiger partial charge in [0.1, 0.15) is 6.04 Å². The van der Waals surface area contributed by atoms with E-state index >= 15 is 0 Å². The van der Waals surface area contributed by atoms with Crippen LogP contribution >= 0.6 is 0 Å². The van der Waals surface area contributed by atoms with Crippen LogP contribution in [0.25, 0.3) is 0 Å². The number of nitrogens with zero attached hydrogens (tertiary/aromatic N) is 1. The number of benzene rings is 1. The molecule has 4 bridgehead atoms. The van der Waals surface area contributed by atoms with Gasteiger partial charge in [-0.05, 0) is 74.7 Å². The lowest BCUT2D eigenvalue weighted by Crippen LogP contribution is -2.62. The van der Waals surface area contributed by atoms with E-state index in [4.69, 9.17) is 0 Å². The van der Waals surface area contributed by atoms with Crippen LogP contribution in [-0.4, -0.2) is 35.0 Å². The molecule has 6 rings (SSSR count). The Morgan fingerprint density at radius 1 is 1.00 bits per heavy atom. The highest BCUT2D eigenvalue weighted by Crippen LogP contribution is 2.55. The van der Waals surface area contributed by atoms with Crippen LogP contribution in [0.1, 0.15) is 56.9 Å². The Hall–Kier alpha value is -2.04. The van der Waals surface area contributed by atoms with Crippen molar-refractivity contribution in [2.24, 2.45) is 17.8 Å². The largest absolute Gasteiger partial charge is 0.349 e. The highest BCUT2D eigenvalue weighted by Gasteiger charge is 2.52. The van der Waals surface area contributed by atoms with Gasteiger partial charge in [0, 0.05) is 18.6 Å². The molecule has 5 nitrogen and oxygen atoms in total. The van der Waals surface area contributed by atoms with Gasteiger partial charge in [-0.15, -0.1) is 0 Å². The Balaban J connectivity index is 1.21. The van der Waals surface area contributed by atoms with Crippen LogP contribution < -0.4 is 10.6 Å². The van der Waals surface area contributed by atoms with E-state index in [1.807, 2.05) is 30.3 Å². The van der Waals surface area contributed by atoms with E-state index in [-0.39, 0.29) is 23.5 Å². The maximum Gasteiger partial charge on any atom is 0.318 e. The number of carbonyl (C=O) groups is 2. The molecule has 1 heterocycles. The van der Waals surface area contributed by atoms with Crippen molar-refractivity contribution in [3.8, 4) is 0 Å². The van der Waals surface area contributed by atoms with Crippen molar-refractivity contribution in [3.05, 3.63) is 35.9 Å². The minimum atomic E-state index is -0.316. The number of urea groups is 1. The molecule has 1 saturated heterocycles. The quantitative estimate of drug-likeness (QED) is 0.839. The highest BCUT2D eigenvalue weighted by molar-refractivity contribution is 5.88. The van der Waals surface area contributed by atoms with Crippen LogP contribution in [0.4, 0.5) is 4.79 Å². The molecule has 0 aromatic heterocycles. The fourth-order valence-electron chi connectivity index (χ4n) is 6.77. The molecule has 150 valence electrons. The molecule has 5 aliphatic rings. The first-order valence-corrected chi connectivity index (χ1v) is 11.0. The Morgan fingerprint density at radius 3 is 2.29 bits per heavy atom. The second kappa shape index (κ2) is 7.09. The van der Waals surface area contributed by atoms with Gasteiger partial charge in [-0.1, -0.05) is 30.3 Å². The SMILES string of the molecule is O=C(NC12CC3CC(CC(C3)C1)C2)[C@H]1CCCN1C(=O)NCc1ccccc1. The number of amides is 3. The first-order valence-electron chi connectivity index (χ1n) is 11.0. The van der Waals surface area contributed by atoms with Gasteiger partial charge in [0.05, 0.1) is 0 Å². The van der Waals surface area contributed by atoms with Crippen molar-refractivity contribution in [1.82, 2.24) is 15.5 Å². The second-order valence-electron chi connectivity index (χ2n) is 9.68. The normalized spacial score (nSPS) is 35.8. The van der Waals surface area contributed by atoms with Gasteiger partial charge in [0.25, 0.3) is 0 Å². The predicted octanol–water partition coefficient (Wildman–Crippen LogP) is 3.45. The maximum atomic E-state index is 13.2. The van der Waals surface area contributed by atoms with Gasteiger partial charge in [-0.25, -0.2) is 4.79 Å². The number of hydrogen-bond donors (Lipinski definition) is 2. The van der Waals surface area contributed by atoms with Gasteiger partial charge < -0.3 is 15.5 Å². The number of carbonyl (C=O) groups excluding carboxylic acids is 2. The topological polar surface area (TPSA) is 61.4 Å². The van der Waals surface area contributed by atoms with E-state index in [1.54, 1.807) is 4.90 Å². The average Bonchev–Trinajstić information content (AvgIpc) is 3.16. The molecule has 4 aliphatic carbocycles. The van der Waals surface area contributed by atoms with E-state index < -0.39 is 0 Å². The number of hydrogen-bond acceptors (Lipinski definition) is 2. The van der Waals surface area contributed by atoms with Crippen LogP contribution in [0.3, 0.4) is 0 Å². The van der Waals surface area contributed by atoms with Crippen molar-refractivity contribution >= 4 is 11.9 Å². The van der Waals surface area contributed by atoms with E-state index in [2.05, 4.69) is 10.6 Å². The summed E-state index contributed by atoms with van der Waals surface area (Å²) in [5.41, 5.74) is 1.09. The first kappa shape index (κ1) is 18.0. The Labute approximate surface area is 167 Å². The fourth-order valence-corrected chi connectivity index (χ4v) is 6.77. The molecule has 3 amide bonds. The number of rotatable bonds is 4. The summed E-state index contributed by atoms with van der Waals surface area (Å²) >= 11 is 0. The molecule has 1 atom stereocenters. The van der Waals surface area contributed by atoms with Crippen LogP contribution in [0.15, 0.2) is 30.3 Å². The predicted molar refractivity (Wildman–Crippen MR) is 107 cm³/mol. The van der Waals surface area contributed by atoms with Gasteiger partial charge in [-0.3, -0.25) is 4.79 Å². The lowest BCUT2D eigenvalue weighted by molar-refractivity contribution is -0.130. The average molecular weight is 382 g/mol. The van der Waals surface area contributed by atoms with Crippen LogP contribution in [-0.2, 0) is 11.3 Å². The molecule has 2 N–H and O–H groups in total. The Morgan fingerprint density at radius 2 is 1.64 bits per heavy atom. The summed E-state index contributed by atoms with van der Waals surface area (Å²) in [5, 5.41) is 6.46. The zero-order valence-corrected chi connectivity index (χ0v) is 16.5. The standard InChI is InChI=1S/C23H31N3O2/c27-21(25-23-12-17-9-18(13-23)11-19(10-17)14-23)20-7-4-8-26(20)22(28)24-15-16-5-2-1-3-6-16/h1-3,5-6,17-20H,4,7-15H2,(H,24,28)(H,25,27)/t17?,18?,19?,20-,23?/m1/s1. The van der Waals surface area contributed by atoms with E-state index in [1.165, 1.54) is 19.3 Å². The van der Waals surface area contributed by atoms with Crippen molar-refractivity contribution < 1.29 is 9.59 Å². The van der Waals surface area contributed by atoms with Gasteiger partial charge in [0.15, 0.2) is 0 Å². The molecule has 1 aliphatic heterocycles. The molecule has 28 heavy (non-hydrogen) atoms. The molecule has 5 fully saturated rings. The third-order valence-electron chi connectivity index (χ3n) is 7.53. The van der Waals surface area contributed by atoms with Crippen LogP contribution in [0, 0.1) is 17.8 Å². The summed E-state index contributed by atoms with van der Waals surface area (Å²) in [4.78, 5) is 27.7. The van der Waals surface area contributed by atoms with Crippen LogP contribution in [0.5, 0.6) is 0 Å². The summed E-state index contributed by atoms with van der Waals surface area (Å²) < 4.78 is 0. The van der Waals surface area contributed by atoms with Gasteiger partial charge in [-0.2, -0.15) is 0 Å². The molecule has 5 heteroatoms. The fraction of sp³-hybridized carbons (Fsp3) is 0.652. The third-order valence-corrected chi connectivity index (χ3v) is 7.53. The zero-order chi connectivity index (χ0) is 19.1. The Bertz CT molecular complexity index is 712. The number of likely N-dealkylation sites (tertiary alicyclic amines) is 1. The summed E-state index contributed by atoms with van der Waals surface area (Å²) in [6, 6.07) is 9.48. The second-order valence-corrected chi connectivity index (χ2v) is 9.68. The minimum absolute atomic E-state index is 0.0145. The zero-order valence-electron chi connectivity index (χ0n) is 16.5. The van der Waals surface area contributed by atoms with E-state index in [9.17, 15) is 9.59 Å². The first-order chi connectivity index (χ1) is 13.6. The van der Waals surface area contributed by atoms with Crippen molar-refractivity contribution in [1.29, 1.82) is 0 Å². The molecule has 4 saturated carbocycles. The summed E-state index contributed by atoms with van der Waals surface area (Å²) in [7, 11) is 0. The van der Waals surface area contributed by atoms with Crippen molar-refractivity contribution in [3.63, 3.8) is 0 Å². The van der Waals surface area contributed by atoms with E-state index in [0.717, 1.165) is 55.4 Å². The summed E-state index contributed by atoms with van der Waals surface area (Å²) in [5.74, 6) is 2.50. The monoisotopic (exact) mass is 381 g/mol. The van der Waals surface area contributed by atoms with Crippen LogP contribution in [0.2, 0.25) is 0 Å². The van der Waals surface area contributed by atoms with Gasteiger partial charge in [0.2, 0.25) is 5.91 Å². The third kappa shape index (κ3) is 3.40. The maximum absolute atomic E-state index is 13.2. The lowest BCUT2D eigenvalue weighted by Gasteiger charge is -2.57. The van der Waals surface area contributed by atoms with Gasteiger partial charge >= 0.3 is 6.03 Å². The highest BCUT2D eigenvalue weighted by atomic mass is 16.2. The van der Waals surface area contributed by atoms with Crippen molar-refractivity contribution in [2.45, 2.75) is 69.5 Å². The molecule has 0 unspecified atom stereocenters. The lowest BCUT2D eigenvalue weighted by atomic mass is 9.53. The smallest absolute Gasteiger partial charge is 0.318 e. The molecule has 0 radical (unpaired) electrons. The molecule has 1 aromatic carbocycles. The molecular weight excluding hydrogens is 350 g/mol. The van der Waals surface area contributed by atoms with E-state index in [0.29, 0.717) is 13.1 Å².